The molecule has 0 spiro atoms. The Morgan fingerprint density at radius 2 is 1.73 bits per heavy atom. The second kappa shape index (κ2) is 5.87. The third-order valence-corrected chi connectivity index (χ3v) is 8.32. The lowest BCUT2D eigenvalue weighted by atomic mass is 9.64. The summed E-state index contributed by atoms with van der Waals surface area (Å²) in [6.07, 6.45) is 3.85. The Morgan fingerprint density at radius 1 is 1.04 bits per heavy atom. The van der Waals surface area contributed by atoms with Crippen molar-refractivity contribution in [3.8, 4) is 5.75 Å². The van der Waals surface area contributed by atoms with Gasteiger partial charge in [-0.25, -0.2) is 0 Å². The number of phenols is 1. The summed E-state index contributed by atoms with van der Waals surface area (Å²) in [4.78, 5) is 0. The zero-order valence-electron chi connectivity index (χ0n) is 16.8. The minimum Gasteiger partial charge on any atom is -0.507 e. The molecule has 0 radical (unpaired) electrons. The van der Waals surface area contributed by atoms with Crippen molar-refractivity contribution >= 4 is 0 Å². The SMILES string of the molecule is Cc1cc(C(C)c2ccccc2)cc(C2CC3CCC2(C)C3(C)C)c1O. The van der Waals surface area contributed by atoms with Crippen molar-refractivity contribution in [1.82, 2.24) is 0 Å². The van der Waals surface area contributed by atoms with E-state index in [4.69, 9.17) is 0 Å². The number of phenolic OH excluding ortho intramolecular Hbond substituents is 1. The highest BCUT2D eigenvalue weighted by molar-refractivity contribution is 5.49. The van der Waals surface area contributed by atoms with Gasteiger partial charge in [-0.15, -0.1) is 0 Å². The molecular weight excluding hydrogens is 316 g/mol. The van der Waals surface area contributed by atoms with Gasteiger partial charge in [0.25, 0.3) is 0 Å². The predicted octanol–water partition coefficient (Wildman–Crippen LogP) is 6.78. The van der Waals surface area contributed by atoms with Crippen molar-refractivity contribution in [2.45, 2.75) is 65.7 Å². The molecule has 0 saturated heterocycles. The number of aryl methyl sites for hydroxylation is 1. The molecule has 2 bridgehead atoms. The molecule has 1 nitrogen and oxygen atoms in total. The molecule has 2 aliphatic rings. The smallest absolute Gasteiger partial charge is 0.121 e. The highest BCUT2D eigenvalue weighted by Crippen LogP contribution is 2.71. The maximum absolute atomic E-state index is 10.9. The summed E-state index contributed by atoms with van der Waals surface area (Å²) in [6.45, 7) is 11.7. The van der Waals surface area contributed by atoms with Crippen molar-refractivity contribution in [3.05, 3.63) is 64.7 Å². The van der Waals surface area contributed by atoms with E-state index in [-0.39, 0.29) is 5.41 Å². The Balaban J connectivity index is 1.78. The molecule has 2 fully saturated rings. The average Bonchev–Trinajstić information content (AvgIpc) is 2.97. The Bertz CT molecular complexity index is 820. The van der Waals surface area contributed by atoms with Crippen LogP contribution in [0.1, 0.15) is 81.0 Å². The van der Waals surface area contributed by atoms with Crippen LogP contribution in [0.25, 0.3) is 0 Å². The largest absolute Gasteiger partial charge is 0.507 e. The molecule has 1 heteroatoms. The number of aromatic hydroxyl groups is 1. The molecule has 2 saturated carbocycles. The van der Waals surface area contributed by atoms with Crippen molar-refractivity contribution in [3.63, 3.8) is 0 Å². The van der Waals surface area contributed by atoms with Crippen LogP contribution in [-0.4, -0.2) is 5.11 Å². The fourth-order valence-corrected chi connectivity index (χ4v) is 5.96. The van der Waals surface area contributed by atoms with Gasteiger partial charge in [-0.05, 0) is 71.1 Å². The standard InChI is InChI=1S/C25H32O/c1-16-13-19(17(2)18-9-7-6-8-10-18)14-21(23(16)26)22-15-20-11-12-25(22,5)24(20,3)4/h6-10,13-14,17,20,22,26H,11-12,15H2,1-5H3. The first-order chi connectivity index (χ1) is 12.3. The lowest BCUT2D eigenvalue weighted by Crippen LogP contribution is -2.31. The molecule has 2 aromatic rings. The molecule has 0 heterocycles. The summed E-state index contributed by atoms with van der Waals surface area (Å²) in [7, 11) is 0. The topological polar surface area (TPSA) is 20.2 Å². The summed E-state index contributed by atoms with van der Waals surface area (Å²) >= 11 is 0. The Hall–Kier alpha value is -1.76. The number of benzene rings is 2. The molecule has 2 aliphatic carbocycles. The first-order valence-electron chi connectivity index (χ1n) is 10.1. The van der Waals surface area contributed by atoms with Crippen LogP contribution in [0.4, 0.5) is 0 Å². The van der Waals surface area contributed by atoms with Crippen molar-refractivity contribution in [2.75, 3.05) is 0 Å². The summed E-state index contributed by atoms with van der Waals surface area (Å²) in [5.74, 6) is 2.13. The molecule has 138 valence electrons. The first-order valence-corrected chi connectivity index (χ1v) is 10.1. The lowest BCUT2D eigenvalue weighted by Gasteiger charge is -2.40. The van der Waals surface area contributed by atoms with Gasteiger partial charge in [0.05, 0.1) is 0 Å². The van der Waals surface area contributed by atoms with Crippen molar-refractivity contribution < 1.29 is 5.11 Å². The molecular formula is C25H32O. The van der Waals surface area contributed by atoms with Gasteiger partial charge in [-0.3, -0.25) is 0 Å². The molecule has 4 atom stereocenters. The number of hydrogen-bond acceptors (Lipinski definition) is 1. The summed E-state index contributed by atoms with van der Waals surface area (Å²) in [5.41, 5.74) is 5.52. The van der Waals surface area contributed by atoms with Gasteiger partial charge in [-0.1, -0.05) is 70.2 Å². The Morgan fingerprint density at radius 3 is 2.31 bits per heavy atom. The van der Waals surface area contributed by atoms with Crippen LogP contribution >= 0.6 is 0 Å². The molecule has 4 rings (SSSR count). The lowest BCUT2D eigenvalue weighted by molar-refractivity contribution is 0.133. The molecule has 0 aliphatic heterocycles. The van der Waals surface area contributed by atoms with E-state index in [2.05, 4.69) is 77.1 Å². The zero-order chi connectivity index (χ0) is 18.7. The normalized spacial score (nSPS) is 30.5. The van der Waals surface area contributed by atoms with Crippen LogP contribution < -0.4 is 0 Å². The van der Waals surface area contributed by atoms with Crippen molar-refractivity contribution in [1.29, 1.82) is 0 Å². The molecule has 4 unspecified atom stereocenters. The van der Waals surface area contributed by atoms with E-state index in [1.54, 1.807) is 0 Å². The second-order valence-electron chi connectivity index (χ2n) is 9.57. The fourth-order valence-electron chi connectivity index (χ4n) is 5.96. The zero-order valence-corrected chi connectivity index (χ0v) is 16.8. The molecule has 26 heavy (non-hydrogen) atoms. The van der Waals surface area contributed by atoms with Crippen LogP contribution in [0.15, 0.2) is 42.5 Å². The first kappa shape index (κ1) is 17.6. The number of hydrogen-bond donors (Lipinski definition) is 1. The molecule has 2 aromatic carbocycles. The Kier molecular flexibility index (Phi) is 3.99. The van der Waals surface area contributed by atoms with E-state index in [0.29, 0.717) is 23.0 Å². The minimum absolute atomic E-state index is 0.288. The van der Waals surface area contributed by atoms with Crippen molar-refractivity contribution in [2.24, 2.45) is 16.7 Å². The van der Waals surface area contributed by atoms with Crippen LogP contribution in [-0.2, 0) is 0 Å². The summed E-state index contributed by atoms with van der Waals surface area (Å²) in [5, 5.41) is 10.9. The number of rotatable bonds is 3. The molecule has 0 aromatic heterocycles. The van der Waals surface area contributed by atoms with E-state index in [9.17, 15) is 5.11 Å². The molecule has 0 amide bonds. The molecule has 1 N–H and O–H groups in total. The van der Waals surface area contributed by atoms with Gasteiger partial charge in [0.2, 0.25) is 0 Å². The van der Waals surface area contributed by atoms with Crippen LogP contribution in [0.2, 0.25) is 0 Å². The average molecular weight is 349 g/mol. The Labute approximate surface area is 158 Å². The van der Waals surface area contributed by atoms with Gasteiger partial charge in [0.15, 0.2) is 0 Å². The van der Waals surface area contributed by atoms with E-state index < -0.39 is 0 Å². The van der Waals surface area contributed by atoms with Crippen LogP contribution in [0.3, 0.4) is 0 Å². The highest BCUT2D eigenvalue weighted by atomic mass is 16.3. The monoisotopic (exact) mass is 348 g/mol. The third kappa shape index (κ3) is 2.36. The van der Waals surface area contributed by atoms with Gasteiger partial charge in [0.1, 0.15) is 5.75 Å². The number of fused-ring (bicyclic) bond motifs is 2. The third-order valence-electron chi connectivity index (χ3n) is 8.32. The van der Waals surface area contributed by atoms with Gasteiger partial charge < -0.3 is 5.11 Å². The van der Waals surface area contributed by atoms with E-state index >= 15 is 0 Å². The summed E-state index contributed by atoms with van der Waals surface area (Å²) < 4.78 is 0. The van der Waals surface area contributed by atoms with Crippen LogP contribution in [0.5, 0.6) is 5.75 Å². The fraction of sp³-hybridized carbons (Fsp3) is 0.520. The second-order valence-corrected chi connectivity index (χ2v) is 9.57. The van der Waals surface area contributed by atoms with E-state index in [1.165, 1.54) is 36.0 Å². The predicted molar refractivity (Wildman–Crippen MR) is 109 cm³/mol. The van der Waals surface area contributed by atoms with Gasteiger partial charge >= 0.3 is 0 Å². The van der Waals surface area contributed by atoms with E-state index in [0.717, 1.165) is 11.5 Å². The maximum Gasteiger partial charge on any atom is 0.121 e. The van der Waals surface area contributed by atoms with Gasteiger partial charge in [0, 0.05) is 5.92 Å². The van der Waals surface area contributed by atoms with E-state index in [1.807, 2.05) is 0 Å². The highest BCUT2D eigenvalue weighted by Gasteiger charge is 2.61. The van der Waals surface area contributed by atoms with Crippen LogP contribution in [0, 0.1) is 23.7 Å². The van der Waals surface area contributed by atoms with Gasteiger partial charge in [-0.2, -0.15) is 0 Å². The minimum atomic E-state index is 0.288. The summed E-state index contributed by atoms with van der Waals surface area (Å²) in [6, 6.07) is 15.2. The maximum atomic E-state index is 10.9. The quantitative estimate of drug-likeness (QED) is 0.648.